The highest BCUT2D eigenvalue weighted by molar-refractivity contribution is 5.48. The Morgan fingerprint density at radius 1 is 0.818 bits per heavy atom. The number of nitro groups is 1. The summed E-state index contributed by atoms with van der Waals surface area (Å²) in [4.78, 5) is 12.0. The van der Waals surface area contributed by atoms with E-state index in [9.17, 15) is 31.2 Å². The lowest BCUT2D eigenvalue weighted by atomic mass is 9.44. The zero-order valence-corrected chi connectivity index (χ0v) is 18.7. The molecule has 0 unspecified atom stereocenters. The molecule has 0 aliphatic heterocycles. The van der Waals surface area contributed by atoms with E-state index in [4.69, 9.17) is 0 Å². The lowest BCUT2D eigenvalue weighted by molar-refractivity contribution is -0.546. The van der Waals surface area contributed by atoms with Gasteiger partial charge in [0.05, 0.1) is 36.1 Å². The molecule has 2 aromatic carbocycles. The van der Waals surface area contributed by atoms with Crippen LogP contribution in [0, 0.1) is 86.0 Å². The number of aryl methyl sites for hydroxylation is 2. The Kier molecular flexibility index (Phi) is 6.21. The van der Waals surface area contributed by atoms with Crippen molar-refractivity contribution in [2.75, 3.05) is 0 Å². The van der Waals surface area contributed by atoms with Gasteiger partial charge in [0.2, 0.25) is 6.04 Å². The molecule has 33 heavy (non-hydrogen) atoms. The Balaban J connectivity index is 2.49. The second-order valence-corrected chi connectivity index (χ2v) is 8.71. The molecule has 7 nitrogen and oxygen atoms in total. The van der Waals surface area contributed by atoms with Crippen molar-refractivity contribution in [1.29, 1.82) is 21.0 Å². The van der Waals surface area contributed by atoms with E-state index in [1.807, 2.05) is 13.8 Å². The molecule has 1 aliphatic carbocycles. The van der Waals surface area contributed by atoms with Crippen molar-refractivity contribution >= 4 is 0 Å². The van der Waals surface area contributed by atoms with E-state index in [0.717, 1.165) is 11.1 Å². The third-order valence-corrected chi connectivity index (χ3v) is 7.01. The lowest BCUT2D eigenvalue weighted by Gasteiger charge is -2.51. The van der Waals surface area contributed by atoms with Gasteiger partial charge in [0.15, 0.2) is 10.8 Å². The summed E-state index contributed by atoms with van der Waals surface area (Å²) in [7, 11) is 0. The maximum absolute atomic E-state index is 12.5. The summed E-state index contributed by atoms with van der Waals surface area (Å²) < 4.78 is 0. The number of nitriles is 4. The molecule has 7 heteroatoms. The van der Waals surface area contributed by atoms with Gasteiger partial charge in [-0.05, 0) is 31.4 Å². The monoisotopic (exact) mass is 437 g/mol. The Morgan fingerprint density at radius 2 is 1.24 bits per heavy atom. The molecular weight excluding hydrogens is 414 g/mol. The van der Waals surface area contributed by atoms with E-state index in [0.29, 0.717) is 11.1 Å². The molecule has 4 atom stereocenters. The van der Waals surface area contributed by atoms with Crippen LogP contribution in [0.1, 0.15) is 47.4 Å². The Bertz CT molecular complexity index is 1190. The summed E-state index contributed by atoms with van der Waals surface area (Å²) in [5, 5.41) is 54.1. The molecule has 0 N–H and O–H groups in total. The van der Waals surface area contributed by atoms with Crippen LogP contribution < -0.4 is 0 Å². The number of benzene rings is 2. The second-order valence-electron chi connectivity index (χ2n) is 8.71. The van der Waals surface area contributed by atoms with Crippen LogP contribution in [-0.4, -0.2) is 11.0 Å². The Hall–Kier alpha value is -4.20. The lowest BCUT2D eigenvalue weighted by Crippen LogP contribution is -2.60. The molecule has 0 saturated heterocycles. The van der Waals surface area contributed by atoms with Crippen LogP contribution in [0.4, 0.5) is 0 Å². The second kappa shape index (κ2) is 8.74. The summed E-state index contributed by atoms with van der Waals surface area (Å²) >= 11 is 0. The third-order valence-electron chi connectivity index (χ3n) is 7.01. The molecule has 1 aliphatic rings. The van der Waals surface area contributed by atoms with Crippen molar-refractivity contribution < 1.29 is 4.92 Å². The quantitative estimate of drug-likeness (QED) is 0.491. The normalized spacial score (nSPS) is 24.9. The van der Waals surface area contributed by atoms with Crippen LogP contribution in [0.5, 0.6) is 0 Å². The summed E-state index contributed by atoms with van der Waals surface area (Å²) in [6, 6.07) is 20.8. The fourth-order valence-electron chi connectivity index (χ4n) is 5.49. The van der Waals surface area contributed by atoms with Crippen LogP contribution in [-0.2, 0) is 0 Å². The first kappa shape index (κ1) is 23.5. The number of rotatable bonds is 4. The van der Waals surface area contributed by atoms with Gasteiger partial charge in [0.25, 0.3) is 0 Å². The summed E-state index contributed by atoms with van der Waals surface area (Å²) in [5.41, 5.74) is -1.14. The van der Waals surface area contributed by atoms with Gasteiger partial charge in [-0.2, -0.15) is 21.0 Å². The molecule has 1 saturated carbocycles. The fourth-order valence-corrected chi connectivity index (χ4v) is 5.49. The predicted molar refractivity (Wildman–Crippen MR) is 120 cm³/mol. The average molecular weight is 438 g/mol. The smallest absolute Gasteiger partial charge is 0.227 e. The van der Waals surface area contributed by atoms with Crippen LogP contribution in [0.25, 0.3) is 0 Å². The maximum atomic E-state index is 12.5. The highest BCUT2D eigenvalue weighted by atomic mass is 16.6. The third kappa shape index (κ3) is 3.40. The SMILES string of the molecule is CC[C@@H]1[C@H]([N+](=O)[O-])[C@@H](c2ccc(C)cc2)C(C#N)(C#N)[C@@H](c2ccc(C)cc2)C1(C#N)C#N. The number of nitrogens with zero attached hydrogens (tertiary/aromatic N) is 5. The topological polar surface area (TPSA) is 138 Å². The van der Waals surface area contributed by atoms with E-state index in [1.165, 1.54) is 0 Å². The van der Waals surface area contributed by atoms with Gasteiger partial charge >= 0.3 is 0 Å². The first-order valence-electron chi connectivity index (χ1n) is 10.7. The zero-order chi connectivity index (χ0) is 24.4. The molecule has 0 aromatic heterocycles. The van der Waals surface area contributed by atoms with Crippen molar-refractivity contribution in [1.82, 2.24) is 0 Å². The molecule has 0 amide bonds. The summed E-state index contributed by atoms with van der Waals surface area (Å²) in [5.74, 6) is -3.29. The fraction of sp³-hybridized carbons (Fsp3) is 0.385. The maximum Gasteiger partial charge on any atom is 0.227 e. The van der Waals surface area contributed by atoms with E-state index in [2.05, 4.69) is 24.3 Å². The first-order chi connectivity index (χ1) is 15.8. The predicted octanol–water partition coefficient (Wildman–Crippen LogP) is 4.92. The zero-order valence-electron chi connectivity index (χ0n) is 18.7. The average Bonchev–Trinajstić information content (AvgIpc) is 2.83. The van der Waals surface area contributed by atoms with Gasteiger partial charge in [-0.25, -0.2) is 0 Å². The standard InChI is InChI=1S/C26H23N5O2/c1-4-21-23(31(32)33)22(19-9-5-17(2)6-10-19)26(15-29,16-30)24(25(21,13-27)14-28)20-11-7-18(3)8-12-20/h5-12,21-24H,4H2,1-3H3/t21-,22-,23+,24+/m1/s1. The molecule has 164 valence electrons. The minimum Gasteiger partial charge on any atom is -0.264 e. The Morgan fingerprint density at radius 3 is 1.61 bits per heavy atom. The van der Waals surface area contributed by atoms with E-state index in [-0.39, 0.29) is 6.42 Å². The molecular formula is C26H23N5O2. The minimum absolute atomic E-state index is 0.171. The van der Waals surface area contributed by atoms with Gasteiger partial charge < -0.3 is 0 Å². The Labute approximate surface area is 193 Å². The highest BCUT2D eigenvalue weighted by Crippen LogP contribution is 2.64. The molecule has 0 spiro atoms. The molecule has 2 aromatic rings. The highest BCUT2D eigenvalue weighted by Gasteiger charge is 2.72. The molecule has 0 radical (unpaired) electrons. The van der Waals surface area contributed by atoms with Crippen LogP contribution in [0.3, 0.4) is 0 Å². The van der Waals surface area contributed by atoms with Gasteiger partial charge in [-0.3, -0.25) is 10.1 Å². The van der Waals surface area contributed by atoms with Gasteiger partial charge in [0, 0.05) is 10.8 Å². The molecule has 0 bridgehead atoms. The van der Waals surface area contributed by atoms with Gasteiger partial charge in [-0.15, -0.1) is 0 Å². The summed E-state index contributed by atoms with van der Waals surface area (Å²) in [6.45, 7) is 5.45. The van der Waals surface area contributed by atoms with Crippen molar-refractivity contribution in [2.24, 2.45) is 16.7 Å². The number of hydrogen-bond donors (Lipinski definition) is 0. The van der Waals surface area contributed by atoms with Crippen molar-refractivity contribution in [3.8, 4) is 24.3 Å². The first-order valence-corrected chi connectivity index (χ1v) is 10.7. The van der Waals surface area contributed by atoms with Crippen LogP contribution in [0.2, 0.25) is 0 Å². The van der Waals surface area contributed by atoms with Crippen molar-refractivity contribution in [2.45, 2.75) is 45.1 Å². The van der Waals surface area contributed by atoms with Gasteiger partial charge in [-0.1, -0.05) is 66.6 Å². The minimum atomic E-state index is -2.01. The van der Waals surface area contributed by atoms with Crippen molar-refractivity contribution in [3.63, 3.8) is 0 Å². The largest absolute Gasteiger partial charge is 0.264 e. The molecule has 1 fully saturated rings. The van der Waals surface area contributed by atoms with Gasteiger partial charge in [0.1, 0.15) is 0 Å². The van der Waals surface area contributed by atoms with Crippen LogP contribution in [0.15, 0.2) is 48.5 Å². The van der Waals surface area contributed by atoms with E-state index >= 15 is 0 Å². The van der Waals surface area contributed by atoms with E-state index in [1.54, 1.807) is 55.5 Å². The van der Waals surface area contributed by atoms with E-state index < -0.39 is 39.5 Å². The van der Waals surface area contributed by atoms with Crippen molar-refractivity contribution in [3.05, 3.63) is 80.9 Å². The molecule has 0 heterocycles. The van der Waals surface area contributed by atoms with Crippen LogP contribution >= 0.6 is 0 Å². The number of hydrogen-bond acceptors (Lipinski definition) is 6. The summed E-state index contributed by atoms with van der Waals surface area (Å²) in [6.07, 6.45) is 0.171. The molecule has 3 rings (SSSR count).